The summed E-state index contributed by atoms with van der Waals surface area (Å²) >= 11 is 0. The quantitative estimate of drug-likeness (QED) is 0.293. The highest BCUT2D eigenvalue weighted by Gasteiger charge is 2.33. The van der Waals surface area contributed by atoms with Crippen LogP contribution in [0.3, 0.4) is 0 Å². The Labute approximate surface area is 185 Å². The summed E-state index contributed by atoms with van der Waals surface area (Å²) in [4.78, 5) is 35.8. The predicted octanol–water partition coefficient (Wildman–Crippen LogP) is 4.27. The third kappa shape index (κ3) is 5.27. The molecule has 1 amide bonds. The van der Waals surface area contributed by atoms with Gasteiger partial charge in [-0.25, -0.2) is 4.68 Å². The first-order valence-electron chi connectivity index (χ1n) is 10.0. The van der Waals surface area contributed by atoms with E-state index in [9.17, 15) is 32.9 Å². The second kappa shape index (κ2) is 9.67. The van der Waals surface area contributed by atoms with Crippen LogP contribution in [0.15, 0.2) is 47.3 Å². The molecule has 0 saturated heterocycles. The maximum absolute atomic E-state index is 12.9. The van der Waals surface area contributed by atoms with E-state index in [1.807, 2.05) is 6.92 Å². The van der Waals surface area contributed by atoms with E-state index < -0.39 is 28.3 Å². The Morgan fingerprint density at radius 1 is 1.15 bits per heavy atom. The summed E-state index contributed by atoms with van der Waals surface area (Å²) in [6.45, 7) is 2.30. The van der Waals surface area contributed by atoms with Crippen LogP contribution in [0.5, 0.6) is 0 Å². The molecule has 0 bridgehead atoms. The number of nitrogens with one attached hydrogen (secondary N) is 2. The third-order valence-electron chi connectivity index (χ3n) is 4.89. The summed E-state index contributed by atoms with van der Waals surface area (Å²) in [5, 5.41) is 15.9. The molecule has 0 unspecified atom stereocenters. The Hall–Kier alpha value is -3.96. The van der Waals surface area contributed by atoms with Crippen LogP contribution in [0.2, 0.25) is 0 Å². The van der Waals surface area contributed by atoms with Crippen LogP contribution in [0.25, 0.3) is 10.8 Å². The van der Waals surface area contributed by atoms with E-state index in [4.69, 9.17) is 0 Å². The molecule has 2 N–H and O–H groups in total. The first-order chi connectivity index (χ1) is 15.6. The van der Waals surface area contributed by atoms with Gasteiger partial charge in [-0.1, -0.05) is 38.0 Å². The molecule has 3 rings (SSSR count). The largest absolute Gasteiger partial charge is 0.416 e. The van der Waals surface area contributed by atoms with Gasteiger partial charge >= 0.3 is 6.18 Å². The lowest BCUT2D eigenvalue weighted by atomic mass is 10.1. The predicted molar refractivity (Wildman–Crippen MR) is 115 cm³/mol. The van der Waals surface area contributed by atoms with Gasteiger partial charge in [0.2, 0.25) is 0 Å². The molecule has 9 nitrogen and oxygen atoms in total. The number of fused-ring (bicyclic) bond motifs is 1. The average molecular weight is 463 g/mol. The Balaban J connectivity index is 1.92. The average Bonchev–Trinajstić information content (AvgIpc) is 2.78. The van der Waals surface area contributed by atoms with Crippen molar-refractivity contribution < 1.29 is 22.9 Å². The lowest BCUT2D eigenvalue weighted by Gasteiger charge is -2.13. The van der Waals surface area contributed by atoms with Crippen LogP contribution in [0.4, 0.5) is 24.5 Å². The highest BCUT2D eigenvalue weighted by Crippen LogP contribution is 2.34. The number of hydrazine groups is 1. The molecule has 3 aromatic rings. The van der Waals surface area contributed by atoms with Crippen LogP contribution in [-0.4, -0.2) is 20.6 Å². The number of nitro groups is 1. The molecule has 0 saturated carbocycles. The summed E-state index contributed by atoms with van der Waals surface area (Å²) < 4.78 is 39.8. The minimum atomic E-state index is -4.76. The summed E-state index contributed by atoms with van der Waals surface area (Å²) in [7, 11) is 0. The SMILES string of the molecule is CCCCCn1nc(C(=O)NNc2ccc(C(F)(F)F)cc2[N+](=O)[O-])c2ccccc2c1=O. The molecular formula is C21H20F3N5O4. The van der Waals surface area contributed by atoms with Crippen LogP contribution in [-0.2, 0) is 12.7 Å². The van der Waals surface area contributed by atoms with E-state index in [0.717, 1.165) is 18.9 Å². The number of aryl methyl sites for hydroxylation is 1. The van der Waals surface area contributed by atoms with Crippen LogP contribution in [0.1, 0.15) is 42.2 Å². The van der Waals surface area contributed by atoms with Crippen molar-refractivity contribution in [3.8, 4) is 0 Å². The number of hydrogen-bond donors (Lipinski definition) is 2. The maximum atomic E-state index is 12.9. The molecule has 0 atom stereocenters. The highest BCUT2D eigenvalue weighted by atomic mass is 19.4. The van der Waals surface area contributed by atoms with E-state index in [-0.39, 0.29) is 27.7 Å². The number of carbonyl (C=O) groups excluding carboxylic acids is 1. The van der Waals surface area contributed by atoms with Crippen LogP contribution >= 0.6 is 0 Å². The second-order valence-electron chi connectivity index (χ2n) is 7.20. The van der Waals surface area contributed by atoms with E-state index >= 15 is 0 Å². The van der Waals surface area contributed by atoms with Crippen LogP contribution < -0.4 is 16.4 Å². The van der Waals surface area contributed by atoms with Gasteiger partial charge in [0.25, 0.3) is 17.2 Å². The smallest absolute Gasteiger partial charge is 0.292 e. The number of rotatable bonds is 8. The van der Waals surface area contributed by atoms with Gasteiger partial charge in [-0.15, -0.1) is 0 Å². The number of nitro benzene ring substituents is 1. The number of amides is 1. The third-order valence-corrected chi connectivity index (χ3v) is 4.89. The Morgan fingerprint density at radius 2 is 1.85 bits per heavy atom. The van der Waals surface area contributed by atoms with Crippen molar-refractivity contribution in [2.45, 2.75) is 38.9 Å². The fraction of sp³-hybridized carbons (Fsp3) is 0.286. The van der Waals surface area contributed by atoms with Crippen molar-refractivity contribution in [2.24, 2.45) is 0 Å². The molecule has 0 aliphatic heterocycles. The molecule has 33 heavy (non-hydrogen) atoms. The fourth-order valence-corrected chi connectivity index (χ4v) is 3.21. The first-order valence-corrected chi connectivity index (χ1v) is 10.0. The summed E-state index contributed by atoms with van der Waals surface area (Å²) in [5.74, 6) is -0.815. The van der Waals surface area contributed by atoms with Gasteiger partial charge in [-0.3, -0.25) is 30.6 Å². The van der Waals surface area contributed by atoms with Gasteiger partial charge in [0.1, 0.15) is 5.69 Å². The number of hydrogen-bond acceptors (Lipinski definition) is 6. The number of benzene rings is 2. The Kier molecular flexibility index (Phi) is 6.95. The monoisotopic (exact) mass is 463 g/mol. The number of aromatic nitrogens is 2. The zero-order valence-electron chi connectivity index (χ0n) is 17.5. The molecule has 12 heteroatoms. The molecule has 0 aliphatic rings. The molecule has 2 aromatic carbocycles. The maximum Gasteiger partial charge on any atom is 0.416 e. The van der Waals surface area contributed by atoms with Crippen molar-refractivity contribution >= 4 is 28.1 Å². The zero-order valence-corrected chi connectivity index (χ0v) is 17.5. The Morgan fingerprint density at radius 3 is 2.48 bits per heavy atom. The Bertz CT molecular complexity index is 1260. The highest BCUT2D eigenvalue weighted by molar-refractivity contribution is 6.05. The summed E-state index contributed by atoms with van der Waals surface area (Å²) in [6.07, 6.45) is -2.30. The van der Waals surface area contributed by atoms with Gasteiger partial charge < -0.3 is 0 Å². The van der Waals surface area contributed by atoms with Crippen molar-refractivity contribution in [3.05, 3.63) is 74.2 Å². The minimum absolute atomic E-state index is 0.108. The topological polar surface area (TPSA) is 119 Å². The van der Waals surface area contributed by atoms with E-state index in [2.05, 4.69) is 16.0 Å². The zero-order chi connectivity index (χ0) is 24.2. The first kappa shape index (κ1) is 23.7. The van der Waals surface area contributed by atoms with Crippen molar-refractivity contribution in [1.82, 2.24) is 15.2 Å². The van der Waals surface area contributed by atoms with Gasteiger partial charge in [0.15, 0.2) is 5.69 Å². The fourth-order valence-electron chi connectivity index (χ4n) is 3.21. The van der Waals surface area contributed by atoms with Gasteiger partial charge in [-0.05, 0) is 24.6 Å². The van der Waals surface area contributed by atoms with Gasteiger partial charge in [0.05, 0.1) is 15.9 Å². The molecule has 0 aliphatic carbocycles. The summed E-state index contributed by atoms with van der Waals surface area (Å²) in [6, 6.07) is 8.23. The summed E-state index contributed by atoms with van der Waals surface area (Å²) in [5.41, 5.74) is 1.63. The van der Waals surface area contributed by atoms with Crippen molar-refractivity contribution in [2.75, 3.05) is 5.43 Å². The minimum Gasteiger partial charge on any atom is -0.292 e. The van der Waals surface area contributed by atoms with Crippen molar-refractivity contribution in [3.63, 3.8) is 0 Å². The molecule has 174 valence electrons. The van der Waals surface area contributed by atoms with E-state index in [1.165, 1.54) is 10.7 Å². The molecule has 1 heterocycles. The van der Waals surface area contributed by atoms with Gasteiger partial charge in [0, 0.05) is 18.0 Å². The van der Waals surface area contributed by atoms with E-state index in [1.54, 1.807) is 18.2 Å². The lowest BCUT2D eigenvalue weighted by Crippen LogP contribution is -2.34. The van der Waals surface area contributed by atoms with E-state index in [0.29, 0.717) is 25.1 Å². The molecule has 0 spiro atoms. The normalized spacial score (nSPS) is 11.4. The number of nitrogens with zero attached hydrogens (tertiary/aromatic N) is 3. The molecule has 0 radical (unpaired) electrons. The second-order valence-corrected chi connectivity index (χ2v) is 7.20. The number of halogens is 3. The number of carbonyl (C=O) groups is 1. The molecule has 0 fully saturated rings. The molecular weight excluding hydrogens is 443 g/mol. The number of alkyl halides is 3. The number of unbranched alkanes of at least 4 members (excludes halogenated alkanes) is 2. The van der Waals surface area contributed by atoms with Gasteiger partial charge in [-0.2, -0.15) is 18.3 Å². The van der Waals surface area contributed by atoms with Crippen LogP contribution in [0, 0.1) is 10.1 Å². The lowest BCUT2D eigenvalue weighted by molar-refractivity contribution is -0.384. The number of anilines is 1. The molecule has 1 aromatic heterocycles. The standard InChI is InChI=1S/C21H20F3N5O4/c1-2-3-6-11-28-20(31)15-8-5-4-7-14(15)18(27-28)19(30)26-25-16-10-9-13(21(22,23)24)12-17(16)29(32)33/h4-5,7-10,12,25H,2-3,6,11H2,1H3,(H,26,30). The van der Waals surface area contributed by atoms with Crippen molar-refractivity contribution in [1.29, 1.82) is 0 Å².